The minimum absolute atomic E-state index is 0.492. The molecule has 0 bridgehead atoms. The Bertz CT molecular complexity index is 454. The molecule has 0 saturated carbocycles. The number of esters is 2. The van der Waals surface area contributed by atoms with Gasteiger partial charge in [-0.1, -0.05) is 17.7 Å². The van der Waals surface area contributed by atoms with Gasteiger partial charge in [-0.2, -0.15) is 0 Å². The Kier molecular flexibility index (Phi) is 4.92. The van der Waals surface area contributed by atoms with Gasteiger partial charge >= 0.3 is 11.9 Å². The zero-order valence-corrected chi connectivity index (χ0v) is 11.8. The third-order valence-electron chi connectivity index (χ3n) is 2.67. The molecule has 0 heterocycles. The lowest BCUT2D eigenvalue weighted by molar-refractivity contribution is -0.163. The van der Waals surface area contributed by atoms with E-state index in [9.17, 15) is 9.59 Å². The Morgan fingerprint density at radius 1 is 0.947 bits per heavy atom. The van der Waals surface area contributed by atoms with Crippen LogP contribution in [-0.2, 0) is 19.1 Å². The van der Waals surface area contributed by atoms with E-state index < -0.39 is 18.0 Å². The maximum atomic E-state index is 11.6. The van der Waals surface area contributed by atoms with Gasteiger partial charge in [-0.25, -0.2) is 9.59 Å². The SMILES string of the molecule is COC(=O)C(Oc1c(C)cc(C)cc1C)C(=O)OC. The Balaban J connectivity index is 3.10. The van der Waals surface area contributed by atoms with Crippen molar-refractivity contribution >= 4 is 11.9 Å². The van der Waals surface area contributed by atoms with E-state index in [2.05, 4.69) is 9.47 Å². The number of hydrogen-bond donors (Lipinski definition) is 0. The Morgan fingerprint density at radius 3 is 1.74 bits per heavy atom. The summed E-state index contributed by atoms with van der Waals surface area (Å²) >= 11 is 0. The van der Waals surface area contributed by atoms with Crippen LogP contribution in [0.25, 0.3) is 0 Å². The van der Waals surface area contributed by atoms with E-state index >= 15 is 0 Å². The van der Waals surface area contributed by atoms with Crippen molar-refractivity contribution in [3.05, 3.63) is 28.8 Å². The van der Waals surface area contributed by atoms with Gasteiger partial charge in [0.1, 0.15) is 5.75 Å². The standard InChI is InChI=1S/C14H18O5/c1-8-6-9(2)11(10(3)7-8)19-12(13(15)17-4)14(16)18-5/h6-7,12H,1-5H3. The van der Waals surface area contributed by atoms with Crippen LogP contribution >= 0.6 is 0 Å². The molecule has 5 nitrogen and oxygen atoms in total. The molecule has 0 aliphatic rings. The molecule has 0 unspecified atom stereocenters. The van der Waals surface area contributed by atoms with E-state index in [1.54, 1.807) is 0 Å². The fourth-order valence-corrected chi connectivity index (χ4v) is 1.88. The zero-order chi connectivity index (χ0) is 14.6. The van der Waals surface area contributed by atoms with Gasteiger partial charge in [0, 0.05) is 0 Å². The van der Waals surface area contributed by atoms with E-state index in [-0.39, 0.29) is 0 Å². The number of methoxy groups -OCH3 is 2. The van der Waals surface area contributed by atoms with Gasteiger partial charge < -0.3 is 14.2 Å². The number of hydrogen-bond acceptors (Lipinski definition) is 5. The normalized spacial score (nSPS) is 10.2. The van der Waals surface area contributed by atoms with E-state index in [0.29, 0.717) is 5.75 Å². The molecule has 5 heteroatoms. The largest absolute Gasteiger partial charge is 0.466 e. The Labute approximate surface area is 112 Å². The van der Waals surface area contributed by atoms with Crippen LogP contribution in [0.1, 0.15) is 16.7 Å². The molecular weight excluding hydrogens is 248 g/mol. The molecule has 0 aliphatic heterocycles. The van der Waals surface area contributed by atoms with Crippen LogP contribution in [-0.4, -0.2) is 32.3 Å². The van der Waals surface area contributed by atoms with Crippen molar-refractivity contribution < 1.29 is 23.8 Å². The average molecular weight is 266 g/mol. The molecule has 1 aromatic rings. The van der Waals surface area contributed by atoms with Gasteiger partial charge in [-0.15, -0.1) is 0 Å². The number of rotatable bonds is 4. The lowest BCUT2D eigenvalue weighted by Gasteiger charge is -2.18. The van der Waals surface area contributed by atoms with E-state index in [1.165, 1.54) is 14.2 Å². The summed E-state index contributed by atoms with van der Waals surface area (Å²) in [6, 6.07) is 3.82. The van der Waals surface area contributed by atoms with Gasteiger partial charge in [-0.05, 0) is 31.9 Å². The second kappa shape index (κ2) is 6.22. The van der Waals surface area contributed by atoms with Gasteiger partial charge in [-0.3, -0.25) is 0 Å². The summed E-state index contributed by atoms with van der Waals surface area (Å²) in [5, 5.41) is 0. The molecule has 0 fully saturated rings. The van der Waals surface area contributed by atoms with Crippen LogP contribution in [0.3, 0.4) is 0 Å². The van der Waals surface area contributed by atoms with E-state index in [0.717, 1.165) is 16.7 Å². The predicted molar refractivity (Wildman–Crippen MR) is 69.1 cm³/mol. The van der Waals surface area contributed by atoms with Crippen LogP contribution in [0.15, 0.2) is 12.1 Å². The molecule has 19 heavy (non-hydrogen) atoms. The monoisotopic (exact) mass is 266 g/mol. The first-order chi connectivity index (χ1) is 8.90. The number of ether oxygens (including phenoxy) is 3. The van der Waals surface area contributed by atoms with Crippen molar-refractivity contribution in [3.8, 4) is 5.75 Å². The number of carbonyl (C=O) groups is 2. The molecule has 0 atom stereocenters. The molecule has 1 rings (SSSR count). The smallest absolute Gasteiger partial charge is 0.359 e. The lowest BCUT2D eigenvalue weighted by atomic mass is 10.1. The highest BCUT2D eigenvalue weighted by Gasteiger charge is 2.31. The molecule has 0 spiro atoms. The number of carbonyl (C=O) groups excluding carboxylic acids is 2. The van der Waals surface area contributed by atoms with E-state index in [4.69, 9.17) is 4.74 Å². The van der Waals surface area contributed by atoms with Crippen LogP contribution in [0.5, 0.6) is 5.75 Å². The first-order valence-corrected chi connectivity index (χ1v) is 5.80. The predicted octanol–water partition coefficient (Wildman–Crippen LogP) is 1.71. The molecule has 0 aromatic heterocycles. The average Bonchev–Trinajstić information content (AvgIpc) is 2.36. The summed E-state index contributed by atoms with van der Waals surface area (Å²) in [4.78, 5) is 23.1. The first kappa shape index (κ1) is 15.0. The zero-order valence-electron chi connectivity index (χ0n) is 11.8. The molecule has 0 saturated heterocycles. The molecule has 1 aromatic carbocycles. The highest BCUT2D eigenvalue weighted by molar-refractivity contribution is 5.98. The molecule has 104 valence electrons. The Morgan fingerprint density at radius 2 is 1.37 bits per heavy atom. The Hall–Kier alpha value is -2.04. The highest BCUT2D eigenvalue weighted by Crippen LogP contribution is 2.26. The van der Waals surface area contributed by atoms with Gasteiger partial charge in [0.05, 0.1) is 14.2 Å². The summed E-state index contributed by atoms with van der Waals surface area (Å²) in [6.45, 7) is 5.66. The van der Waals surface area contributed by atoms with Crippen LogP contribution < -0.4 is 4.74 Å². The summed E-state index contributed by atoms with van der Waals surface area (Å²) in [5.41, 5.74) is 2.76. The molecule has 0 radical (unpaired) electrons. The molecule has 0 N–H and O–H groups in total. The number of benzene rings is 1. The van der Waals surface area contributed by atoms with Crippen LogP contribution in [0.4, 0.5) is 0 Å². The van der Waals surface area contributed by atoms with Crippen molar-refractivity contribution in [2.75, 3.05) is 14.2 Å². The van der Waals surface area contributed by atoms with Crippen LogP contribution in [0, 0.1) is 20.8 Å². The third-order valence-corrected chi connectivity index (χ3v) is 2.67. The van der Waals surface area contributed by atoms with Crippen molar-refractivity contribution in [1.82, 2.24) is 0 Å². The summed E-state index contributed by atoms with van der Waals surface area (Å²) in [6.07, 6.45) is -1.41. The van der Waals surface area contributed by atoms with Gasteiger partial charge in [0.15, 0.2) is 0 Å². The number of aryl methyl sites for hydroxylation is 3. The summed E-state index contributed by atoms with van der Waals surface area (Å²) in [5.74, 6) is -1.08. The minimum atomic E-state index is -1.41. The third kappa shape index (κ3) is 3.47. The first-order valence-electron chi connectivity index (χ1n) is 5.80. The van der Waals surface area contributed by atoms with Crippen molar-refractivity contribution in [2.45, 2.75) is 26.9 Å². The van der Waals surface area contributed by atoms with Crippen LogP contribution in [0.2, 0.25) is 0 Å². The molecular formula is C14H18O5. The second-order valence-electron chi connectivity index (χ2n) is 4.27. The van der Waals surface area contributed by atoms with E-state index in [1.807, 2.05) is 32.9 Å². The molecule has 0 amide bonds. The highest BCUT2D eigenvalue weighted by atomic mass is 16.6. The summed E-state index contributed by atoms with van der Waals surface area (Å²) in [7, 11) is 2.38. The fraction of sp³-hybridized carbons (Fsp3) is 0.429. The topological polar surface area (TPSA) is 61.8 Å². The lowest BCUT2D eigenvalue weighted by Crippen LogP contribution is -2.37. The van der Waals surface area contributed by atoms with Gasteiger partial charge in [0.25, 0.3) is 6.10 Å². The fourth-order valence-electron chi connectivity index (χ4n) is 1.88. The summed E-state index contributed by atoms with van der Waals surface area (Å²) < 4.78 is 14.6. The maximum absolute atomic E-state index is 11.6. The van der Waals surface area contributed by atoms with Gasteiger partial charge in [0.2, 0.25) is 0 Å². The van der Waals surface area contributed by atoms with Crippen molar-refractivity contribution in [2.24, 2.45) is 0 Å². The van der Waals surface area contributed by atoms with Crippen molar-refractivity contribution in [1.29, 1.82) is 0 Å². The maximum Gasteiger partial charge on any atom is 0.359 e. The van der Waals surface area contributed by atoms with Crippen molar-refractivity contribution in [3.63, 3.8) is 0 Å². The quantitative estimate of drug-likeness (QED) is 0.613. The molecule has 0 aliphatic carbocycles. The minimum Gasteiger partial charge on any atom is -0.466 e. The second-order valence-corrected chi connectivity index (χ2v) is 4.27.